The lowest BCUT2D eigenvalue weighted by atomic mass is 9.89. The molecule has 1 rings (SSSR count). The number of carbonyl (C=O) groups excluding carboxylic acids is 2. The molecule has 0 aromatic rings. The lowest BCUT2D eigenvalue weighted by Crippen LogP contribution is -2.43. The first-order valence-electron chi connectivity index (χ1n) is 4.71. The quantitative estimate of drug-likeness (QED) is 0.601. The molecule has 5 nitrogen and oxygen atoms in total. The van der Waals surface area contributed by atoms with E-state index in [4.69, 9.17) is 11.5 Å². The van der Waals surface area contributed by atoms with E-state index in [0.717, 1.165) is 0 Å². The third-order valence-electron chi connectivity index (χ3n) is 2.77. The first kappa shape index (κ1) is 11.0. The normalized spacial score (nSPS) is 28.9. The number of nitrogens with two attached hydrogens (primary N) is 2. The molecule has 0 spiro atoms. The molecule has 14 heavy (non-hydrogen) atoms. The molecule has 0 aliphatic carbocycles. The van der Waals surface area contributed by atoms with Crippen LogP contribution in [0.25, 0.3) is 0 Å². The fraction of sp³-hybridized carbons (Fsp3) is 0.778. The second-order valence-electron chi connectivity index (χ2n) is 4.22. The fourth-order valence-corrected chi connectivity index (χ4v) is 1.64. The highest BCUT2D eigenvalue weighted by molar-refractivity contribution is 5.85. The topological polar surface area (TPSA) is 89.4 Å². The van der Waals surface area contributed by atoms with Crippen molar-refractivity contribution < 1.29 is 9.59 Å². The highest BCUT2D eigenvalue weighted by Gasteiger charge is 2.40. The average Bonchev–Trinajstić information content (AvgIpc) is 2.48. The van der Waals surface area contributed by atoms with E-state index in [1.54, 1.807) is 18.7 Å². The smallest absolute Gasteiger partial charge is 0.239 e. The van der Waals surface area contributed by atoms with E-state index < -0.39 is 11.5 Å². The molecule has 0 radical (unpaired) electrons. The first-order chi connectivity index (χ1) is 6.37. The molecule has 0 aromatic heterocycles. The van der Waals surface area contributed by atoms with Crippen LogP contribution in [0.15, 0.2) is 0 Å². The average molecular weight is 199 g/mol. The predicted octanol–water partition coefficient (Wildman–Crippen LogP) is -0.942. The van der Waals surface area contributed by atoms with Gasteiger partial charge in [-0.2, -0.15) is 0 Å². The van der Waals surface area contributed by atoms with Gasteiger partial charge < -0.3 is 16.4 Å². The van der Waals surface area contributed by atoms with Gasteiger partial charge >= 0.3 is 0 Å². The summed E-state index contributed by atoms with van der Waals surface area (Å²) in [6, 6.07) is -0.509. The summed E-state index contributed by atoms with van der Waals surface area (Å²) in [7, 11) is 0. The Kier molecular flexibility index (Phi) is 2.80. The van der Waals surface area contributed by atoms with Crippen molar-refractivity contribution in [1.82, 2.24) is 4.90 Å². The summed E-state index contributed by atoms with van der Waals surface area (Å²) in [5.74, 6) is -0.465. The van der Waals surface area contributed by atoms with Crippen molar-refractivity contribution in [3.8, 4) is 0 Å². The summed E-state index contributed by atoms with van der Waals surface area (Å²) < 4.78 is 0. The van der Waals surface area contributed by atoms with E-state index in [1.165, 1.54) is 0 Å². The number of hydrogen-bond donors (Lipinski definition) is 2. The lowest BCUT2D eigenvalue weighted by molar-refractivity contribution is -0.132. The predicted molar refractivity (Wildman–Crippen MR) is 52.1 cm³/mol. The number of likely N-dealkylation sites (tertiary alicyclic amines) is 1. The fourth-order valence-electron chi connectivity index (χ4n) is 1.64. The van der Waals surface area contributed by atoms with Crippen LogP contribution < -0.4 is 11.5 Å². The van der Waals surface area contributed by atoms with E-state index in [9.17, 15) is 9.59 Å². The van der Waals surface area contributed by atoms with Gasteiger partial charge in [0.2, 0.25) is 11.8 Å². The van der Waals surface area contributed by atoms with Gasteiger partial charge in [0.25, 0.3) is 0 Å². The van der Waals surface area contributed by atoms with Crippen LogP contribution >= 0.6 is 0 Å². The number of amides is 2. The third kappa shape index (κ3) is 1.87. The molecule has 2 atom stereocenters. The molecule has 5 heteroatoms. The summed E-state index contributed by atoms with van der Waals surface area (Å²) in [5.41, 5.74) is 10.2. The summed E-state index contributed by atoms with van der Waals surface area (Å²) in [5, 5.41) is 0. The van der Waals surface area contributed by atoms with Crippen LogP contribution in [0, 0.1) is 5.41 Å². The molecule has 1 unspecified atom stereocenters. The second-order valence-corrected chi connectivity index (χ2v) is 4.22. The Morgan fingerprint density at radius 3 is 2.43 bits per heavy atom. The molecule has 1 heterocycles. The van der Waals surface area contributed by atoms with E-state index >= 15 is 0 Å². The lowest BCUT2D eigenvalue weighted by Gasteiger charge is -2.22. The molecular weight excluding hydrogens is 182 g/mol. The highest BCUT2D eigenvalue weighted by atomic mass is 16.2. The number of hydrogen-bond acceptors (Lipinski definition) is 3. The van der Waals surface area contributed by atoms with Crippen LogP contribution in [-0.2, 0) is 9.59 Å². The Morgan fingerprint density at radius 1 is 1.50 bits per heavy atom. The maximum absolute atomic E-state index is 11.5. The Bertz CT molecular complexity index is 265. The Balaban J connectivity index is 2.66. The summed E-state index contributed by atoms with van der Waals surface area (Å²) in [6.45, 7) is 4.38. The second kappa shape index (κ2) is 3.57. The number of nitrogens with zero attached hydrogens (tertiary/aromatic N) is 1. The molecule has 0 saturated carbocycles. The Labute approximate surface area is 83.4 Å². The highest BCUT2D eigenvalue weighted by Crippen LogP contribution is 2.29. The van der Waals surface area contributed by atoms with Gasteiger partial charge in [0.15, 0.2) is 0 Å². The maximum Gasteiger partial charge on any atom is 0.239 e. The maximum atomic E-state index is 11.5. The molecule has 1 fully saturated rings. The largest absolute Gasteiger partial charge is 0.369 e. The molecule has 1 aliphatic rings. The summed E-state index contributed by atoms with van der Waals surface area (Å²) in [4.78, 5) is 24.2. The van der Waals surface area contributed by atoms with E-state index in [0.29, 0.717) is 19.5 Å². The monoisotopic (exact) mass is 199 g/mol. The number of carbonyl (C=O) groups is 2. The minimum atomic E-state index is -0.579. The molecule has 2 amide bonds. The number of primary amides is 1. The van der Waals surface area contributed by atoms with Gasteiger partial charge in [-0.25, -0.2) is 0 Å². The van der Waals surface area contributed by atoms with Gasteiger partial charge in [0.1, 0.15) is 0 Å². The molecule has 0 aromatic carbocycles. The van der Waals surface area contributed by atoms with Gasteiger partial charge in [-0.3, -0.25) is 9.59 Å². The molecule has 0 bridgehead atoms. The van der Waals surface area contributed by atoms with Crippen molar-refractivity contribution >= 4 is 11.8 Å². The van der Waals surface area contributed by atoms with Crippen LogP contribution in [0.4, 0.5) is 0 Å². The van der Waals surface area contributed by atoms with E-state index in [1.807, 2.05) is 0 Å². The summed E-state index contributed by atoms with van der Waals surface area (Å²) in [6.07, 6.45) is 0.626. The van der Waals surface area contributed by atoms with E-state index in [2.05, 4.69) is 0 Å². The van der Waals surface area contributed by atoms with Gasteiger partial charge in [-0.1, -0.05) is 0 Å². The summed E-state index contributed by atoms with van der Waals surface area (Å²) >= 11 is 0. The van der Waals surface area contributed by atoms with Gasteiger partial charge in [-0.15, -0.1) is 0 Å². The Hall–Kier alpha value is -1.10. The van der Waals surface area contributed by atoms with Crippen molar-refractivity contribution in [3.05, 3.63) is 0 Å². The SMILES string of the molecule is C[C@H](N)C(=O)N1CCC(C)(C(N)=O)C1. The zero-order valence-electron chi connectivity index (χ0n) is 8.62. The van der Waals surface area contributed by atoms with Crippen molar-refractivity contribution in [2.75, 3.05) is 13.1 Å². The Morgan fingerprint density at radius 2 is 2.07 bits per heavy atom. The number of rotatable bonds is 2. The molecular formula is C9H17N3O2. The molecule has 1 aliphatic heterocycles. The van der Waals surface area contributed by atoms with Gasteiger partial charge in [0, 0.05) is 13.1 Å². The van der Waals surface area contributed by atoms with E-state index in [-0.39, 0.29) is 11.8 Å². The van der Waals surface area contributed by atoms with Gasteiger partial charge in [0.05, 0.1) is 11.5 Å². The van der Waals surface area contributed by atoms with Crippen molar-refractivity contribution in [2.24, 2.45) is 16.9 Å². The standard InChI is InChI=1S/C9H17N3O2/c1-6(10)7(13)12-4-3-9(2,5-12)8(11)14/h6H,3-5,10H2,1-2H3,(H2,11,14)/t6-,9?/m0/s1. The zero-order valence-corrected chi connectivity index (χ0v) is 8.62. The minimum absolute atomic E-state index is 0.116. The van der Waals surface area contributed by atoms with Crippen molar-refractivity contribution in [2.45, 2.75) is 26.3 Å². The first-order valence-corrected chi connectivity index (χ1v) is 4.71. The van der Waals surface area contributed by atoms with Crippen LogP contribution in [0.1, 0.15) is 20.3 Å². The van der Waals surface area contributed by atoms with Gasteiger partial charge in [-0.05, 0) is 20.3 Å². The van der Waals surface area contributed by atoms with Crippen molar-refractivity contribution in [3.63, 3.8) is 0 Å². The van der Waals surface area contributed by atoms with Crippen LogP contribution in [0.5, 0.6) is 0 Å². The van der Waals surface area contributed by atoms with Crippen LogP contribution in [-0.4, -0.2) is 35.8 Å². The molecule has 1 saturated heterocycles. The van der Waals surface area contributed by atoms with Crippen LogP contribution in [0.2, 0.25) is 0 Å². The minimum Gasteiger partial charge on any atom is -0.369 e. The molecule has 4 N–H and O–H groups in total. The third-order valence-corrected chi connectivity index (χ3v) is 2.77. The van der Waals surface area contributed by atoms with Crippen LogP contribution in [0.3, 0.4) is 0 Å². The van der Waals surface area contributed by atoms with Crippen molar-refractivity contribution in [1.29, 1.82) is 0 Å². The molecule has 80 valence electrons. The zero-order chi connectivity index (χ0) is 10.9.